The topological polar surface area (TPSA) is 70.8 Å². The molecule has 1 saturated heterocycles. The van der Waals surface area contributed by atoms with Gasteiger partial charge in [0.05, 0.1) is 17.0 Å². The van der Waals surface area contributed by atoms with Crippen LogP contribution in [-0.4, -0.2) is 26.2 Å². The number of carboxylic acid groups (broad SMARTS) is 1. The summed E-state index contributed by atoms with van der Waals surface area (Å²) in [4.78, 5) is 25.8. The second kappa shape index (κ2) is 9.96. The molecule has 1 aliphatic rings. The Balaban J connectivity index is 1.76. The molecule has 1 aromatic carbocycles. The molecule has 0 atom stereocenters. The average Bonchev–Trinajstić information content (AvgIpc) is 3.29. The van der Waals surface area contributed by atoms with Gasteiger partial charge >= 0.3 is 5.97 Å². The van der Waals surface area contributed by atoms with E-state index in [1.807, 2.05) is 12.1 Å². The molecule has 0 bridgehead atoms. The van der Waals surface area contributed by atoms with Crippen molar-refractivity contribution in [2.24, 2.45) is 0 Å². The van der Waals surface area contributed by atoms with E-state index in [1.54, 1.807) is 43.3 Å². The number of amides is 1. The number of allylic oxidation sites excluding steroid dienone is 3. The number of hydrogen-bond acceptors (Lipinski definition) is 5. The summed E-state index contributed by atoms with van der Waals surface area (Å²) in [5.74, 6) is -0.193. The van der Waals surface area contributed by atoms with Crippen molar-refractivity contribution in [3.05, 3.63) is 93.8 Å². The number of thioether (sulfide) groups is 1. The second-order valence-electron chi connectivity index (χ2n) is 6.58. The third kappa shape index (κ3) is 5.64. The first-order valence-corrected chi connectivity index (χ1v) is 10.7. The molecule has 1 N–H and O–H groups in total. The summed E-state index contributed by atoms with van der Waals surface area (Å²) in [6.45, 7) is 5.62. The van der Waals surface area contributed by atoms with Crippen LogP contribution in [0.5, 0.6) is 0 Å². The predicted molar refractivity (Wildman–Crippen MR) is 128 cm³/mol. The Bertz CT molecular complexity index is 1160. The summed E-state index contributed by atoms with van der Waals surface area (Å²) in [6, 6.07) is 10.8. The zero-order valence-electron chi connectivity index (χ0n) is 16.5. The van der Waals surface area contributed by atoms with Gasteiger partial charge in [-0.1, -0.05) is 66.4 Å². The van der Waals surface area contributed by atoms with Crippen molar-refractivity contribution in [1.82, 2.24) is 4.90 Å². The van der Waals surface area contributed by atoms with E-state index in [9.17, 15) is 9.59 Å². The molecule has 3 rings (SSSR count). The maximum absolute atomic E-state index is 12.8. The molecule has 2 aromatic rings. The van der Waals surface area contributed by atoms with Crippen LogP contribution in [0, 0.1) is 0 Å². The number of carbonyl (C=O) groups excluding carboxylic acids is 1. The third-order valence-electron chi connectivity index (χ3n) is 4.37. The van der Waals surface area contributed by atoms with Crippen LogP contribution in [0.3, 0.4) is 0 Å². The summed E-state index contributed by atoms with van der Waals surface area (Å²) in [7, 11) is 0. The first-order valence-electron chi connectivity index (χ1n) is 9.13. The molecule has 8 heteroatoms. The number of thiocarbonyl (C=S) groups is 1. The molecular formula is C23H18ClNO4S2. The van der Waals surface area contributed by atoms with Crippen molar-refractivity contribution in [3.63, 3.8) is 0 Å². The standard InChI is InChI=1S/C23H18ClNO4S2/c1-3-16(22(27)28)8-7-14(2)19-10-9-18(29-19)12-20-21(26)25(23(30)31-20)13-15-5-4-6-17(24)11-15/h3-12H,1,13H2,2H3,(H,27,28)/b14-7+,16-8+,20-12-. The van der Waals surface area contributed by atoms with Gasteiger partial charge in [-0.05, 0) is 48.4 Å². The lowest BCUT2D eigenvalue weighted by Crippen LogP contribution is -2.27. The lowest BCUT2D eigenvalue weighted by molar-refractivity contribution is -0.132. The normalized spacial score (nSPS) is 16.3. The van der Waals surface area contributed by atoms with E-state index < -0.39 is 5.97 Å². The highest BCUT2D eigenvalue weighted by atomic mass is 35.5. The van der Waals surface area contributed by atoms with Crippen LogP contribution >= 0.6 is 35.6 Å². The summed E-state index contributed by atoms with van der Waals surface area (Å²) in [5, 5.41) is 9.64. The number of benzene rings is 1. The van der Waals surface area contributed by atoms with Crippen LogP contribution in [-0.2, 0) is 16.1 Å². The highest BCUT2D eigenvalue weighted by molar-refractivity contribution is 8.26. The molecule has 1 amide bonds. The number of hydrogen-bond donors (Lipinski definition) is 1. The Hall–Kier alpha value is -2.87. The number of rotatable bonds is 7. The maximum Gasteiger partial charge on any atom is 0.335 e. The van der Waals surface area contributed by atoms with Crippen LogP contribution in [0.2, 0.25) is 5.02 Å². The fraction of sp³-hybridized carbons (Fsp3) is 0.0870. The minimum atomic E-state index is -1.06. The molecule has 158 valence electrons. The summed E-state index contributed by atoms with van der Waals surface area (Å²) >= 11 is 12.6. The van der Waals surface area contributed by atoms with Crippen molar-refractivity contribution in [2.75, 3.05) is 0 Å². The zero-order valence-corrected chi connectivity index (χ0v) is 18.9. The van der Waals surface area contributed by atoms with Crippen molar-refractivity contribution < 1.29 is 19.1 Å². The zero-order chi connectivity index (χ0) is 22.5. The van der Waals surface area contributed by atoms with E-state index in [1.165, 1.54) is 28.8 Å². The Labute approximate surface area is 194 Å². The number of aliphatic carboxylic acids is 1. The van der Waals surface area contributed by atoms with Crippen molar-refractivity contribution in [3.8, 4) is 0 Å². The largest absolute Gasteiger partial charge is 0.478 e. The Morgan fingerprint density at radius 3 is 2.77 bits per heavy atom. The summed E-state index contributed by atoms with van der Waals surface area (Å²) < 4.78 is 6.26. The van der Waals surface area contributed by atoms with Crippen molar-refractivity contribution in [2.45, 2.75) is 13.5 Å². The molecule has 31 heavy (non-hydrogen) atoms. The first kappa shape index (κ1) is 22.8. The number of carbonyl (C=O) groups is 2. The number of carboxylic acids is 1. The van der Waals surface area contributed by atoms with Gasteiger partial charge in [0.15, 0.2) is 0 Å². The van der Waals surface area contributed by atoms with Gasteiger partial charge in [0.2, 0.25) is 0 Å². The minimum absolute atomic E-state index is 0.0782. The molecule has 1 aliphatic heterocycles. The van der Waals surface area contributed by atoms with Crippen LogP contribution in [0.1, 0.15) is 24.0 Å². The molecule has 1 fully saturated rings. The van der Waals surface area contributed by atoms with Gasteiger partial charge < -0.3 is 9.52 Å². The van der Waals surface area contributed by atoms with E-state index >= 15 is 0 Å². The summed E-state index contributed by atoms with van der Waals surface area (Å²) in [5.41, 5.74) is 1.70. The molecule has 5 nitrogen and oxygen atoms in total. The highest BCUT2D eigenvalue weighted by Crippen LogP contribution is 2.34. The molecule has 0 unspecified atom stereocenters. The molecule has 2 heterocycles. The first-order chi connectivity index (χ1) is 14.8. The lowest BCUT2D eigenvalue weighted by atomic mass is 10.1. The third-order valence-corrected chi connectivity index (χ3v) is 5.98. The molecule has 0 radical (unpaired) electrons. The van der Waals surface area contributed by atoms with E-state index in [2.05, 4.69) is 6.58 Å². The van der Waals surface area contributed by atoms with Crippen molar-refractivity contribution in [1.29, 1.82) is 0 Å². The Morgan fingerprint density at radius 2 is 2.10 bits per heavy atom. The van der Waals surface area contributed by atoms with Gasteiger partial charge in [0.25, 0.3) is 5.91 Å². The maximum atomic E-state index is 12.8. The lowest BCUT2D eigenvalue weighted by Gasteiger charge is -2.14. The Kier molecular flexibility index (Phi) is 7.33. The smallest absolute Gasteiger partial charge is 0.335 e. The van der Waals surface area contributed by atoms with Crippen LogP contribution in [0.4, 0.5) is 0 Å². The van der Waals surface area contributed by atoms with Crippen LogP contribution in [0.25, 0.3) is 11.6 Å². The van der Waals surface area contributed by atoms with E-state index in [0.717, 1.165) is 11.1 Å². The monoisotopic (exact) mass is 471 g/mol. The molecule has 1 aromatic heterocycles. The average molecular weight is 472 g/mol. The molecule has 0 saturated carbocycles. The molecular weight excluding hydrogens is 454 g/mol. The van der Waals surface area contributed by atoms with Crippen LogP contribution < -0.4 is 0 Å². The van der Waals surface area contributed by atoms with Crippen molar-refractivity contribution >= 4 is 63.4 Å². The van der Waals surface area contributed by atoms with Crippen LogP contribution in [0.15, 0.2) is 76.1 Å². The van der Waals surface area contributed by atoms with E-state index in [4.69, 9.17) is 33.3 Å². The highest BCUT2D eigenvalue weighted by Gasteiger charge is 2.32. The number of halogens is 1. The van der Waals surface area contributed by atoms with Gasteiger partial charge in [0, 0.05) is 11.1 Å². The van der Waals surface area contributed by atoms with E-state index in [0.29, 0.717) is 32.3 Å². The summed E-state index contributed by atoms with van der Waals surface area (Å²) in [6.07, 6.45) is 6.01. The van der Waals surface area contributed by atoms with Gasteiger partial charge in [-0.25, -0.2) is 4.79 Å². The SMILES string of the molecule is C=C/C(=C\C=C(/C)c1ccc(/C=C2\SC(=S)N(Cc3cccc(Cl)c3)C2=O)o1)C(=O)O. The number of nitrogens with zero attached hydrogens (tertiary/aromatic N) is 1. The van der Waals surface area contributed by atoms with Gasteiger partial charge in [0.1, 0.15) is 15.8 Å². The van der Waals surface area contributed by atoms with E-state index in [-0.39, 0.29) is 11.5 Å². The Morgan fingerprint density at radius 1 is 1.32 bits per heavy atom. The minimum Gasteiger partial charge on any atom is -0.478 e. The predicted octanol–water partition coefficient (Wildman–Crippen LogP) is 5.93. The fourth-order valence-electron chi connectivity index (χ4n) is 2.75. The van der Waals surface area contributed by atoms with Gasteiger partial charge in [-0.15, -0.1) is 0 Å². The molecule has 0 aliphatic carbocycles. The van der Waals surface area contributed by atoms with Gasteiger partial charge in [-0.2, -0.15) is 0 Å². The fourth-order valence-corrected chi connectivity index (χ4v) is 4.20. The molecule has 0 spiro atoms. The van der Waals surface area contributed by atoms with Gasteiger partial charge in [-0.3, -0.25) is 9.69 Å². The second-order valence-corrected chi connectivity index (χ2v) is 8.69. The quantitative estimate of drug-likeness (QED) is 0.306. The number of furan rings is 1.